The van der Waals surface area contributed by atoms with Gasteiger partial charge in [0.25, 0.3) is 0 Å². The molecule has 0 amide bonds. The van der Waals surface area contributed by atoms with E-state index in [1.54, 1.807) is 12.1 Å². The first-order valence-corrected chi connectivity index (χ1v) is 7.77. The van der Waals surface area contributed by atoms with Crippen LogP contribution in [0.3, 0.4) is 0 Å². The van der Waals surface area contributed by atoms with Crippen molar-refractivity contribution in [1.82, 2.24) is 14.9 Å². The molecule has 1 unspecified atom stereocenters. The molecule has 1 N–H and O–H groups in total. The van der Waals surface area contributed by atoms with Crippen LogP contribution in [0.4, 0.5) is 4.39 Å². The van der Waals surface area contributed by atoms with Crippen molar-refractivity contribution >= 4 is 0 Å². The normalized spacial score (nSPS) is 16.0. The number of unbranched alkanes of at least 4 members (excludes halogenated alkanes) is 1. The maximum Gasteiger partial charge on any atom is 0.123 e. The number of nitrogens with zero attached hydrogens (tertiary/aromatic N) is 2. The van der Waals surface area contributed by atoms with E-state index in [2.05, 4.69) is 14.9 Å². The fraction of sp³-hybridized carbons (Fsp3) is 0.471. The summed E-state index contributed by atoms with van der Waals surface area (Å²) in [6.45, 7) is 2.03. The number of aromatic nitrogens is 2. The Kier molecular flexibility index (Phi) is 4.65. The molecule has 1 heterocycles. The predicted molar refractivity (Wildman–Crippen MR) is 81.3 cm³/mol. The smallest absolute Gasteiger partial charge is 0.123 e. The largest absolute Gasteiger partial charge is 0.337 e. The third-order valence-corrected chi connectivity index (χ3v) is 4.09. The van der Waals surface area contributed by atoms with Crippen LogP contribution in [0.25, 0.3) is 0 Å². The highest BCUT2D eigenvalue weighted by atomic mass is 19.1. The van der Waals surface area contributed by atoms with Gasteiger partial charge in [0.2, 0.25) is 0 Å². The average molecular weight is 287 g/mol. The summed E-state index contributed by atoms with van der Waals surface area (Å²) in [7, 11) is 0. The maximum atomic E-state index is 13.0. The lowest BCUT2D eigenvalue weighted by atomic mass is 10.0. The molecule has 0 radical (unpaired) electrons. The minimum Gasteiger partial charge on any atom is -0.337 e. The zero-order chi connectivity index (χ0) is 14.5. The first-order chi connectivity index (χ1) is 10.3. The molecule has 0 aliphatic heterocycles. The number of aryl methyl sites for hydroxylation is 1. The van der Waals surface area contributed by atoms with Crippen molar-refractivity contribution < 1.29 is 4.39 Å². The van der Waals surface area contributed by atoms with Crippen LogP contribution in [-0.4, -0.2) is 16.1 Å². The third-order valence-electron chi connectivity index (χ3n) is 4.09. The summed E-state index contributed by atoms with van der Waals surface area (Å²) in [5, 5.41) is 3.65. The minimum absolute atomic E-state index is 0.159. The summed E-state index contributed by atoms with van der Waals surface area (Å²) in [6, 6.07) is 7.34. The lowest BCUT2D eigenvalue weighted by molar-refractivity contribution is 0.461. The van der Waals surface area contributed by atoms with Gasteiger partial charge < -0.3 is 9.88 Å². The van der Waals surface area contributed by atoms with Gasteiger partial charge in [-0.15, -0.1) is 0 Å². The predicted octanol–water partition coefficient (Wildman–Crippen LogP) is 3.54. The van der Waals surface area contributed by atoms with Gasteiger partial charge in [-0.25, -0.2) is 9.37 Å². The van der Waals surface area contributed by atoms with Gasteiger partial charge in [-0.2, -0.15) is 0 Å². The molecule has 21 heavy (non-hydrogen) atoms. The number of nitrogens with one attached hydrogen (secondary N) is 1. The van der Waals surface area contributed by atoms with Crippen LogP contribution >= 0.6 is 0 Å². The van der Waals surface area contributed by atoms with E-state index >= 15 is 0 Å². The molecule has 1 fully saturated rings. The van der Waals surface area contributed by atoms with Crippen LogP contribution < -0.4 is 5.32 Å². The molecule has 1 aliphatic carbocycles. The van der Waals surface area contributed by atoms with Crippen molar-refractivity contribution in [2.45, 2.75) is 38.3 Å². The highest BCUT2D eigenvalue weighted by molar-refractivity contribution is 5.21. The van der Waals surface area contributed by atoms with E-state index < -0.39 is 0 Å². The number of imidazole rings is 1. The third kappa shape index (κ3) is 4.14. The van der Waals surface area contributed by atoms with Crippen LogP contribution in [0.2, 0.25) is 0 Å². The van der Waals surface area contributed by atoms with Gasteiger partial charge in [-0.1, -0.05) is 12.1 Å². The summed E-state index contributed by atoms with van der Waals surface area (Å²) in [5.74, 6) is 0.567. The highest BCUT2D eigenvalue weighted by Gasteiger charge is 2.31. The van der Waals surface area contributed by atoms with Gasteiger partial charge in [-0.3, -0.25) is 0 Å². The maximum absolute atomic E-state index is 13.0. The lowest BCUT2D eigenvalue weighted by Gasteiger charge is -2.19. The van der Waals surface area contributed by atoms with E-state index in [0.717, 1.165) is 31.8 Å². The first kappa shape index (κ1) is 14.3. The molecule has 1 aliphatic rings. The van der Waals surface area contributed by atoms with Crippen molar-refractivity contribution in [2.75, 3.05) is 6.54 Å². The Morgan fingerprint density at radius 1 is 1.24 bits per heavy atom. The summed E-state index contributed by atoms with van der Waals surface area (Å²) in [4.78, 5) is 4.04. The van der Waals surface area contributed by atoms with Gasteiger partial charge >= 0.3 is 0 Å². The number of halogens is 1. The van der Waals surface area contributed by atoms with Gasteiger partial charge in [-0.05, 0) is 55.8 Å². The number of benzene rings is 1. The molecule has 1 atom stereocenters. The molecule has 0 spiro atoms. The Hall–Kier alpha value is -1.68. The molecule has 2 aromatic rings. The van der Waals surface area contributed by atoms with Crippen molar-refractivity contribution in [3.63, 3.8) is 0 Å². The van der Waals surface area contributed by atoms with Gasteiger partial charge in [0, 0.05) is 25.0 Å². The molecule has 112 valence electrons. The fourth-order valence-electron chi connectivity index (χ4n) is 2.75. The van der Waals surface area contributed by atoms with E-state index in [0.29, 0.717) is 6.04 Å². The summed E-state index contributed by atoms with van der Waals surface area (Å²) in [5.41, 5.74) is 1.22. The molecule has 1 saturated carbocycles. The molecule has 1 aromatic carbocycles. The zero-order valence-corrected chi connectivity index (χ0v) is 12.2. The van der Waals surface area contributed by atoms with Crippen molar-refractivity contribution in [1.29, 1.82) is 0 Å². The van der Waals surface area contributed by atoms with Crippen LogP contribution in [0.5, 0.6) is 0 Å². The van der Waals surface area contributed by atoms with Crippen LogP contribution in [0, 0.1) is 11.7 Å². The molecule has 4 heteroatoms. The Labute approximate surface area is 125 Å². The fourth-order valence-corrected chi connectivity index (χ4v) is 2.75. The van der Waals surface area contributed by atoms with Crippen LogP contribution in [-0.2, 0) is 6.54 Å². The molecular formula is C17H22FN3. The van der Waals surface area contributed by atoms with Gasteiger partial charge in [0.15, 0.2) is 0 Å². The summed E-state index contributed by atoms with van der Waals surface area (Å²) < 4.78 is 15.1. The quantitative estimate of drug-likeness (QED) is 0.753. The standard InChI is InChI=1S/C17H22FN3/c18-16-7-5-15(6-8-16)17(14-3-4-14)20-9-1-2-11-21-12-10-19-13-21/h5-8,10,12-14,17,20H,1-4,9,11H2. The summed E-state index contributed by atoms with van der Waals surface area (Å²) >= 11 is 0. The van der Waals surface area contributed by atoms with Gasteiger partial charge in [0.05, 0.1) is 6.33 Å². The SMILES string of the molecule is Fc1ccc(C(NCCCCn2ccnc2)C2CC2)cc1. The zero-order valence-electron chi connectivity index (χ0n) is 12.2. The molecule has 0 saturated heterocycles. The minimum atomic E-state index is -0.159. The second-order valence-corrected chi connectivity index (χ2v) is 5.83. The van der Waals surface area contributed by atoms with E-state index in [-0.39, 0.29) is 5.82 Å². The first-order valence-electron chi connectivity index (χ1n) is 7.77. The van der Waals surface area contributed by atoms with E-state index in [1.807, 2.05) is 30.9 Å². The number of rotatable bonds is 8. The second-order valence-electron chi connectivity index (χ2n) is 5.83. The second kappa shape index (κ2) is 6.85. The molecular weight excluding hydrogens is 265 g/mol. The van der Waals surface area contributed by atoms with E-state index in [1.165, 1.54) is 18.4 Å². The Morgan fingerprint density at radius 3 is 2.71 bits per heavy atom. The average Bonchev–Trinajstić information content (AvgIpc) is 3.20. The van der Waals surface area contributed by atoms with Crippen LogP contribution in [0.15, 0.2) is 43.0 Å². The van der Waals surface area contributed by atoms with E-state index in [9.17, 15) is 4.39 Å². The van der Waals surface area contributed by atoms with Crippen molar-refractivity contribution in [2.24, 2.45) is 5.92 Å². The van der Waals surface area contributed by atoms with Crippen LogP contribution in [0.1, 0.15) is 37.3 Å². The number of hydrogen-bond donors (Lipinski definition) is 1. The molecule has 1 aromatic heterocycles. The van der Waals surface area contributed by atoms with E-state index in [4.69, 9.17) is 0 Å². The highest BCUT2D eigenvalue weighted by Crippen LogP contribution is 2.40. The van der Waals surface area contributed by atoms with Crippen molar-refractivity contribution in [3.05, 3.63) is 54.4 Å². The Morgan fingerprint density at radius 2 is 2.05 bits per heavy atom. The Balaban J connectivity index is 1.44. The topological polar surface area (TPSA) is 29.9 Å². The Bertz CT molecular complexity index is 532. The lowest BCUT2D eigenvalue weighted by Crippen LogP contribution is -2.24. The number of hydrogen-bond acceptors (Lipinski definition) is 2. The summed E-state index contributed by atoms with van der Waals surface area (Å²) in [6.07, 6.45) is 10.5. The molecule has 3 rings (SSSR count). The monoisotopic (exact) mass is 287 g/mol. The molecule has 0 bridgehead atoms. The van der Waals surface area contributed by atoms with Gasteiger partial charge in [0.1, 0.15) is 5.82 Å². The molecule has 3 nitrogen and oxygen atoms in total. The van der Waals surface area contributed by atoms with Crippen molar-refractivity contribution in [3.8, 4) is 0 Å².